The van der Waals surface area contributed by atoms with E-state index in [0.29, 0.717) is 33.5 Å². The Morgan fingerprint density at radius 2 is 1.95 bits per heavy atom. The zero-order chi connectivity index (χ0) is 29.6. The van der Waals surface area contributed by atoms with Crippen LogP contribution in [0.5, 0.6) is 0 Å². The second-order valence-electron chi connectivity index (χ2n) is 10.0. The Hall–Kier alpha value is -3.87. The standard InChI is InChI=1S/C28H27BClN7O3S/c1-14-10-18(15(2)31-21-8-9-22(30)32-24(21)26(38)35-41-5)23-19(11-14)27(39)36(4)25(33-23)16-6-7-20-17(12-16)13-37(34-20)28(3,29)40/h6-13,15,31,40H,1-5H3,(H,35,38). The first-order valence-electron chi connectivity index (χ1n) is 12.7. The van der Waals surface area contributed by atoms with Gasteiger partial charge in [-0.05, 0) is 62.7 Å². The van der Waals surface area contributed by atoms with E-state index in [4.69, 9.17) is 24.4 Å². The molecule has 0 aliphatic carbocycles. The zero-order valence-electron chi connectivity index (χ0n) is 23.1. The van der Waals surface area contributed by atoms with Crippen LogP contribution in [0, 0.1) is 6.92 Å². The fraction of sp³-hybridized carbons (Fsp3) is 0.250. The summed E-state index contributed by atoms with van der Waals surface area (Å²) < 4.78 is 5.47. The molecular weight excluding hydrogens is 561 g/mol. The third kappa shape index (κ3) is 5.55. The maximum absolute atomic E-state index is 13.6. The van der Waals surface area contributed by atoms with E-state index in [2.05, 4.69) is 20.1 Å². The van der Waals surface area contributed by atoms with E-state index in [0.717, 1.165) is 28.5 Å². The molecule has 0 spiro atoms. The third-order valence-corrected chi connectivity index (χ3v) is 7.29. The van der Waals surface area contributed by atoms with Gasteiger partial charge in [0.2, 0.25) is 0 Å². The van der Waals surface area contributed by atoms with Crippen molar-refractivity contribution in [2.45, 2.75) is 32.4 Å². The summed E-state index contributed by atoms with van der Waals surface area (Å²) in [7, 11) is 7.48. The number of anilines is 1. The molecule has 0 bridgehead atoms. The Kier molecular flexibility index (Phi) is 7.58. The fourth-order valence-corrected chi connectivity index (χ4v) is 5.14. The van der Waals surface area contributed by atoms with Crippen LogP contribution in [0.3, 0.4) is 0 Å². The number of aliphatic hydroxyl groups is 1. The van der Waals surface area contributed by atoms with Crippen molar-refractivity contribution in [3.8, 4) is 11.4 Å². The van der Waals surface area contributed by atoms with Crippen molar-refractivity contribution in [3.63, 3.8) is 0 Å². The number of hydrogen-bond donors (Lipinski definition) is 3. The average Bonchev–Trinajstić information content (AvgIpc) is 3.36. The van der Waals surface area contributed by atoms with Gasteiger partial charge in [0.25, 0.3) is 11.5 Å². The van der Waals surface area contributed by atoms with Gasteiger partial charge in [0.15, 0.2) is 5.69 Å². The lowest BCUT2D eigenvalue weighted by atomic mass is 9.94. The van der Waals surface area contributed by atoms with E-state index in [-0.39, 0.29) is 28.4 Å². The zero-order valence-corrected chi connectivity index (χ0v) is 24.6. The minimum Gasteiger partial charge on any atom is -0.379 e. The lowest BCUT2D eigenvalue weighted by Gasteiger charge is -2.20. The number of aryl methyl sites for hydroxylation is 1. The summed E-state index contributed by atoms with van der Waals surface area (Å²) in [4.78, 5) is 35.5. The van der Waals surface area contributed by atoms with E-state index in [1.54, 1.807) is 37.7 Å². The number of carbonyl (C=O) groups excluding carboxylic acids is 1. The Balaban J connectivity index is 1.63. The SMILES string of the molecule is [B]C(C)(O)n1cc2cc(-c3nc4c(C(C)Nc5ccc(Cl)nc5C(=O)NSC)cc(C)cc4c(=O)n3C)ccc2n1. The van der Waals surface area contributed by atoms with Gasteiger partial charge in [0, 0.05) is 36.0 Å². The number of nitrogens with zero attached hydrogens (tertiary/aromatic N) is 5. The second kappa shape index (κ2) is 10.8. The number of benzene rings is 2. The number of fused-ring (bicyclic) bond motifs is 2. The van der Waals surface area contributed by atoms with Crippen LogP contribution in [-0.4, -0.2) is 49.4 Å². The molecule has 0 saturated heterocycles. The molecule has 2 unspecified atom stereocenters. The van der Waals surface area contributed by atoms with Gasteiger partial charge >= 0.3 is 0 Å². The molecule has 41 heavy (non-hydrogen) atoms. The number of carbonyl (C=O) groups is 1. The van der Waals surface area contributed by atoms with Gasteiger partial charge in [0.1, 0.15) is 24.4 Å². The summed E-state index contributed by atoms with van der Waals surface area (Å²) in [6, 6.07) is 12.2. The minimum absolute atomic E-state index is 0.158. The highest BCUT2D eigenvalue weighted by Gasteiger charge is 2.21. The molecule has 2 atom stereocenters. The Labute approximate surface area is 246 Å². The van der Waals surface area contributed by atoms with Crippen LogP contribution in [0.4, 0.5) is 5.69 Å². The summed E-state index contributed by atoms with van der Waals surface area (Å²) in [5.74, 6) is 0.0788. The van der Waals surface area contributed by atoms with Gasteiger partial charge in [-0.1, -0.05) is 29.6 Å². The first-order chi connectivity index (χ1) is 19.4. The van der Waals surface area contributed by atoms with Gasteiger partial charge in [-0.3, -0.25) is 23.6 Å². The number of nitrogens with one attached hydrogen (secondary N) is 2. The highest BCUT2D eigenvalue weighted by atomic mass is 35.5. The maximum Gasteiger partial charge on any atom is 0.281 e. The van der Waals surface area contributed by atoms with Crippen molar-refractivity contribution in [2.24, 2.45) is 7.05 Å². The van der Waals surface area contributed by atoms with Gasteiger partial charge < -0.3 is 10.4 Å². The molecule has 5 aromatic rings. The maximum atomic E-state index is 13.6. The topological polar surface area (TPSA) is 127 Å². The molecule has 0 aliphatic rings. The van der Waals surface area contributed by atoms with Gasteiger partial charge in [-0.15, -0.1) is 0 Å². The van der Waals surface area contributed by atoms with E-state index in [1.165, 1.54) is 16.2 Å². The predicted molar refractivity (Wildman–Crippen MR) is 164 cm³/mol. The van der Waals surface area contributed by atoms with Crippen molar-refractivity contribution in [2.75, 3.05) is 11.6 Å². The highest BCUT2D eigenvalue weighted by Crippen LogP contribution is 2.30. The van der Waals surface area contributed by atoms with Crippen molar-refractivity contribution in [3.05, 3.63) is 81.0 Å². The van der Waals surface area contributed by atoms with Crippen molar-refractivity contribution < 1.29 is 9.90 Å². The average molecular weight is 588 g/mol. The van der Waals surface area contributed by atoms with Crippen LogP contribution in [0.25, 0.3) is 33.2 Å². The van der Waals surface area contributed by atoms with Crippen molar-refractivity contribution in [1.29, 1.82) is 0 Å². The Morgan fingerprint density at radius 3 is 2.66 bits per heavy atom. The van der Waals surface area contributed by atoms with Crippen LogP contribution >= 0.6 is 23.5 Å². The monoisotopic (exact) mass is 587 g/mol. The number of rotatable bonds is 7. The number of aromatic nitrogens is 5. The summed E-state index contributed by atoms with van der Waals surface area (Å²) in [5, 5.41) is 19.2. The molecule has 0 fully saturated rings. The fourth-order valence-electron chi connectivity index (χ4n) is 4.71. The first kappa shape index (κ1) is 28.7. The second-order valence-corrected chi connectivity index (χ2v) is 11.0. The summed E-state index contributed by atoms with van der Waals surface area (Å²) in [6.45, 7) is 5.28. The highest BCUT2D eigenvalue weighted by molar-refractivity contribution is 7.97. The van der Waals surface area contributed by atoms with E-state index >= 15 is 0 Å². The normalized spacial score (nSPS) is 13.7. The lowest BCUT2D eigenvalue weighted by Crippen LogP contribution is -2.30. The molecule has 0 aliphatic heterocycles. The predicted octanol–water partition coefficient (Wildman–Crippen LogP) is 4.28. The molecule has 208 valence electrons. The number of halogens is 1. The molecule has 13 heteroatoms. The van der Waals surface area contributed by atoms with Gasteiger partial charge in [-0.2, -0.15) is 5.10 Å². The molecular formula is C28H27BClN7O3S. The van der Waals surface area contributed by atoms with Crippen LogP contribution in [0.1, 0.15) is 41.5 Å². The molecule has 3 N–H and O–H groups in total. The molecule has 10 nitrogen and oxygen atoms in total. The molecule has 3 heterocycles. The first-order valence-corrected chi connectivity index (χ1v) is 14.3. The van der Waals surface area contributed by atoms with Crippen LogP contribution < -0.4 is 15.6 Å². The Bertz CT molecular complexity index is 1880. The van der Waals surface area contributed by atoms with Crippen LogP contribution in [-0.2, 0) is 12.7 Å². The molecule has 2 radical (unpaired) electrons. The quantitative estimate of drug-likeness (QED) is 0.146. The minimum atomic E-state index is -1.65. The summed E-state index contributed by atoms with van der Waals surface area (Å²) in [6.07, 6.45) is 3.39. The molecule has 1 amide bonds. The number of pyridine rings is 1. The smallest absolute Gasteiger partial charge is 0.281 e. The molecule has 5 rings (SSSR count). The van der Waals surface area contributed by atoms with Gasteiger partial charge in [-0.25, -0.2) is 9.97 Å². The number of amides is 1. The van der Waals surface area contributed by atoms with E-state index in [9.17, 15) is 14.7 Å². The third-order valence-electron chi connectivity index (χ3n) is 6.69. The van der Waals surface area contributed by atoms with E-state index < -0.39 is 5.62 Å². The van der Waals surface area contributed by atoms with Crippen LogP contribution in [0.15, 0.2) is 53.5 Å². The van der Waals surface area contributed by atoms with Crippen molar-refractivity contribution >= 4 is 64.8 Å². The largest absolute Gasteiger partial charge is 0.379 e. The van der Waals surface area contributed by atoms with E-state index in [1.807, 2.05) is 38.1 Å². The van der Waals surface area contributed by atoms with Crippen molar-refractivity contribution in [1.82, 2.24) is 29.0 Å². The summed E-state index contributed by atoms with van der Waals surface area (Å²) in [5.41, 5.74) is 2.33. The van der Waals surface area contributed by atoms with Crippen LogP contribution in [0.2, 0.25) is 5.15 Å². The lowest BCUT2D eigenvalue weighted by molar-refractivity contribution is 0.0598. The molecule has 3 aromatic heterocycles. The molecule has 0 saturated carbocycles. The Morgan fingerprint density at radius 1 is 1.20 bits per heavy atom. The molecule has 2 aromatic carbocycles. The van der Waals surface area contributed by atoms with Gasteiger partial charge in [0.05, 0.1) is 28.1 Å². The summed E-state index contributed by atoms with van der Waals surface area (Å²) >= 11 is 7.25. The number of hydrogen-bond acceptors (Lipinski definition) is 8.